The molecule has 134 valence electrons. The van der Waals surface area contributed by atoms with Gasteiger partial charge < -0.3 is 10.2 Å². The molecule has 0 spiro atoms. The minimum Gasteiger partial charge on any atom is -0.478 e. The zero-order chi connectivity index (χ0) is 18.3. The number of aliphatic carboxylic acids is 2. The maximum Gasteiger partial charge on any atom is 0.330 e. The second-order valence-corrected chi connectivity index (χ2v) is 5.90. The number of carboxylic acid groups (broad SMARTS) is 2. The quantitative estimate of drug-likeness (QED) is 0.370. The van der Waals surface area contributed by atoms with Crippen LogP contribution in [0.2, 0.25) is 0 Å². The summed E-state index contributed by atoms with van der Waals surface area (Å²) in [4.78, 5) is 20.7. The Morgan fingerprint density at radius 2 is 1.39 bits per heavy atom. The van der Waals surface area contributed by atoms with E-state index in [9.17, 15) is 9.59 Å². The Hall–Kier alpha value is -1.58. The van der Waals surface area contributed by atoms with Crippen molar-refractivity contribution >= 4 is 11.9 Å². The topological polar surface area (TPSA) is 74.6 Å². The molecule has 0 amide bonds. The van der Waals surface area contributed by atoms with Crippen LogP contribution in [0.4, 0.5) is 0 Å². The molecule has 2 N–H and O–H groups in total. The predicted octanol–water partition coefficient (Wildman–Crippen LogP) is 5.44. The van der Waals surface area contributed by atoms with Crippen LogP contribution in [0.3, 0.4) is 0 Å². The summed E-state index contributed by atoms with van der Waals surface area (Å²) in [5.41, 5.74) is 0.677. The minimum atomic E-state index is -0.865. The molecular formula is C19H34O4. The normalized spacial score (nSPS) is 11.1. The summed E-state index contributed by atoms with van der Waals surface area (Å²) >= 11 is 0. The first-order valence-corrected chi connectivity index (χ1v) is 8.62. The van der Waals surface area contributed by atoms with Crippen molar-refractivity contribution in [3.8, 4) is 0 Å². The number of hydrogen-bond acceptors (Lipinski definition) is 2. The third-order valence-corrected chi connectivity index (χ3v) is 3.77. The van der Waals surface area contributed by atoms with Crippen LogP contribution in [0.1, 0.15) is 78.6 Å². The van der Waals surface area contributed by atoms with Gasteiger partial charge in [-0.1, -0.05) is 72.5 Å². The Labute approximate surface area is 141 Å². The Balaban J connectivity index is 0. The van der Waals surface area contributed by atoms with Crippen molar-refractivity contribution in [2.45, 2.75) is 78.6 Å². The van der Waals surface area contributed by atoms with E-state index >= 15 is 0 Å². The summed E-state index contributed by atoms with van der Waals surface area (Å²) in [5, 5.41) is 17.0. The number of hydrogen-bond donors (Lipinski definition) is 2. The predicted molar refractivity (Wildman–Crippen MR) is 95.6 cm³/mol. The van der Waals surface area contributed by atoms with Gasteiger partial charge in [-0.05, 0) is 25.2 Å². The highest BCUT2D eigenvalue weighted by Gasteiger charge is 2.11. The highest BCUT2D eigenvalue weighted by molar-refractivity contribution is 5.86. The standard InChI is InChI=1S/C11H20O2.C8H14O2/c1-4-6-7-10(5-2)8-9(3)11(12)13;1-3-4-5-6-7(2)8(9)10/h10H,3-8H2,1-2H3,(H,12,13);2-6H2,1H3,(H,9,10). The molecule has 0 aromatic rings. The molecule has 0 bridgehead atoms. The lowest BCUT2D eigenvalue weighted by Gasteiger charge is -2.13. The molecular weight excluding hydrogens is 292 g/mol. The molecule has 0 saturated carbocycles. The SMILES string of the molecule is C=C(CC(CC)CCCC)C(=O)O.C=C(CCCCC)C(=O)O. The van der Waals surface area contributed by atoms with Gasteiger partial charge in [-0.15, -0.1) is 0 Å². The average Bonchev–Trinajstić information content (AvgIpc) is 2.51. The molecule has 0 rings (SSSR count). The van der Waals surface area contributed by atoms with Crippen molar-refractivity contribution in [2.75, 3.05) is 0 Å². The van der Waals surface area contributed by atoms with E-state index in [4.69, 9.17) is 10.2 Å². The van der Waals surface area contributed by atoms with Gasteiger partial charge in [-0.25, -0.2) is 9.59 Å². The molecule has 0 aliphatic rings. The lowest BCUT2D eigenvalue weighted by Crippen LogP contribution is -2.06. The number of carboxylic acids is 2. The summed E-state index contributed by atoms with van der Waals surface area (Å²) < 4.78 is 0. The fourth-order valence-electron chi connectivity index (χ4n) is 2.07. The van der Waals surface area contributed by atoms with Gasteiger partial charge in [0.1, 0.15) is 0 Å². The first-order chi connectivity index (χ1) is 10.8. The van der Waals surface area contributed by atoms with Gasteiger partial charge in [-0.2, -0.15) is 0 Å². The van der Waals surface area contributed by atoms with Crippen LogP contribution in [0.25, 0.3) is 0 Å². The fraction of sp³-hybridized carbons (Fsp3) is 0.684. The Morgan fingerprint density at radius 1 is 0.870 bits per heavy atom. The van der Waals surface area contributed by atoms with Crippen molar-refractivity contribution in [2.24, 2.45) is 5.92 Å². The highest BCUT2D eigenvalue weighted by atomic mass is 16.4. The highest BCUT2D eigenvalue weighted by Crippen LogP contribution is 2.20. The maximum absolute atomic E-state index is 10.5. The molecule has 0 aliphatic heterocycles. The van der Waals surface area contributed by atoms with Gasteiger partial charge in [0.15, 0.2) is 0 Å². The molecule has 0 aromatic heterocycles. The lowest BCUT2D eigenvalue weighted by molar-refractivity contribution is -0.133. The molecule has 0 saturated heterocycles. The number of rotatable bonds is 12. The Bertz CT molecular complexity index is 372. The summed E-state index contributed by atoms with van der Waals surface area (Å²) in [6.45, 7) is 13.3. The van der Waals surface area contributed by atoms with Crippen LogP contribution in [0.15, 0.2) is 24.3 Å². The van der Waals surface area contributed by atoms with E-state index in [1.807, 2.05) is 0 Å². The Morgan fingerprint density at radius 3 is 1.78 bits per heavy atom. The van der Waals surface area contributed by atoms with Crippen molar-refractivity contribution in [1.29, 1.82) is 0 Å². The molecule has 23 heavy (non-hydrogen) atoms. The van der Waals surface area contributed by atoms with Crippen LogP contribution in [0, 0.1) is 5.92 Å². The molecule has 0 aromatic carbocycles. The van der Waals surface area contributed by atoms with Crippen LogP contribution >= 0.6 is 0 Å². The van der Waals surface area contributed by atoms with E-state index in [-0.39, 0.29) is 0 Å². The fourth-order valence-corrected chi connectivity index (χ4v) is 2.07. The average molecular weight is 326 g/mol. The Kier molecular flexibility index (Phi) is 15.8. The molecule has 0 heterocycles. The van der Waals surface area contributed by atoms with Crippen molar-refractivity contribution in [1.82, 2.24) is 0 Å². The van der Waals surface area contributed by atoms with Gasteiger partial charge in [0.25, 0.3) is 0 Å². The van der Waals surface area contributed by atoms with Gasteiger partial charge in [0, 0.05) is 11.1 Å². The van der Waals surface area contributed by atoms with Crippen molar-refractivity contribution in [3.63, 3.8) is 0 Å². The molecule has 0 radical (unpaired) electrons. The smallest absolute Gasteiger partial charge is 0.330 e. The van der Waals surface area contributed by atoms with E-state index in [2.05, 4.69) is 33.9 Å². The van der Waals surface area contributed by atoms with E-state index in [1.54, 1.807) is 0 Å². The van der Waals surface area contributed by atoms with E-state index in [0.29, 0.717) is 29.9 Å². The van der Waals surface area contributed by atoms with Crippen LogP contribution in [0.5, 0.6) is 0 Å². The van der Waals surface area contributed by atoms with Crippen LogP contribution < -0.4 is 0 Å². The second kappa shape index (κ2) is 15.3. The number of unbranched alkanes of at least 4 members (excludes halogenated alkanes) is 3. The third-order valence-electron chi connectivity index (χ3n) is 3.77. The zero-order valence-electron chi connectivity index (χ0n) is 15.1. The van der Waals surface area contributed by atoms with E-state index in [0.717, 1.165) is 32.1 Å². The van der Waals surface area contributed by atoms with Gasteiger partial charge in [-0.3, -0.25) is 0 Å². The molecule has 1 atom stereocenters. The maximum atomic E-state index is 10.5. The first-order valence-electron chi connectivity index (χ1n) is 8.62. The van der Waals surface area contributed by atoms with Gasteiger partial charge in [0.2, 0.25) is 0 Å². The van der Waals surface area contributed by atoms with Crippen molar-refractivity contribution < 1.29 is 19.8 Å². The largest absolute Gasteiger partial charge is 0.478 e. The van der Waals surface area contributed by atoms with Crippen LogP contribution in [-0.2, 0) is 9.59 Å². The van der Waals surface area contributed by atoms with Crippen molar-refractivity contribution in [3.05, 3.63) is 24.3 Å². The minimum absolute atomic E-state index is 0.327. The third kappa shape index (κ3) is 15.1. The molecule has 4 heteroatoms. The second-order valence-electron chi connectivity index (χ2n) is 5.90. The molecule has 0 fully saturated rings. The monoisotopic (exact) mass is 326 g/mol. The van der Waals surface area contributed by atoms with E-state index < -0.39 is 11.9 Å². The zero-order valence-corrected chi connectivity index (χ0v) is 15.1. The molecule has 1 unspecified atom stereocenters. The summed E-state index contributed by atoms with van der Waals surface area (Å²) in [6.07, 6.45) is 8.96. The summed E-state index contributed by atoms with van der Waals surface area (Å²) in [5.74, 6) is -1.21. The van der Waals surface area contributed by atoms with Gasteiger partial charge in [0.05, 0.1) is 0 Å². The summed E-state index contributed by atoms with van der Waals surface area (Å²) in [6, 6.07) is 0. The summed E-state index contributed by atoms with van der Waals surface area (Å²) in [7, 11) is 0. The molecule has 0 aliphatic carbocycles. The van der Waals surface area contributed by atoms with Crippen LogP contribution in [-0.4, -0.2) is 22.2 Å². The number of carbonyl (C=O) groups is 2. The molecule has 4 nitrogen and oxygen atoms in total. The lowest BCUT2D eigenvalue weighted by atomic mass is 9.92. The first kappa shape index (κ1) is 23.7. The van der Waals surface area contributed by atoms with E-state index in [1.165, 1.54) is 12.8 Å². The van der Waals surface area contributed by atoms with Gasteiger partial charge >= 0.3 is 11.9 Å².